The van der Waals surface area contributed by atoms with Gasteiger partial charge in [0.15, 0.2) is 5.78 Å². The van der Waals surface area contributed by atoms with E-state index in [-0.39, 0.29) is 18.6 Å². The number of carbonyl (C=O) groups is 3. The fourth-order valence-corrected chi connectivity index (χ4v) is 2.45. The number of alkyl carbamates (subject to hydrolysis) is 1. The lowest BCUT2D eigenvalue weighted by atomic mass is 9.99. The van der Waals surface area contributed by atoms with Crippen molar-refractivity contribution in [2.45, 2.75) is 45.3 Å². The van der Waals surface area contributed by atoms with Gasteiger partial charge in [0.1, 0.15) is 5.60 Å². The first-order valence-electron chi connectivity index (χ1n) is 7.99. The molecule has 1 amide bonds. The molecule has 0 fully saturated rings. The summed E-state index contributed by atoms with van der Waals surface area (Å²) in [6.45, 7) is 5.13. The Morgan fingerprint density at radius 3 is 2.56 bits per heavy atom. The van der Waals surface area contributed by atoms with Crippen molar-refractivity contribution in [1.82, 2.24) is 10.3 Å². The minimum Gasteiger partial charge on any atom is -0.481 e. The molecule has 0 saturated carbocycles. The van der Waals surface area contributed by atoms with E-state index in [0.717, 1.165) is 10.9 Å². The number of rotatable bonds is 6. The largest absolute Gasteiger partial charge is 0.481 e. The third kappa shape index (κ3) is 5.07. The van der Waals surface area contributed by atoms with Crippen LogP contribution in [0.1, 0.15) is 44.0 Å². The predicted octanol–water partition coefficient (Wildman–Crippen LogP) is 3.11. The number of fused-ring (bicyclic) bond motifs is 1. The molecule has 7 heteroatoms. The number of hydrogen-bond acceptors (Lipinski definition) is 4. The maximum atomic E-state index is 12.9. The SMILES string of the molecule is CC(C)(C)OC(=O)NC(CCC(=O)O)C(=O)c1c[nH]c2ccccc12. The zero-order valence-corrected chi connectivity index (χ0v) is 14.5. The number of nitrogens with one attached hydrogen (secondary N) is 2. The number of H-pyrrole nitrogens is 1. The second-order valence-electron chi connectivity index (χ2n) is 6.74. The predicted molar refractivity (Wildman–Crippen MR) is 92.7 cm³/mol. The number of Topliss-reactive ketones (excluding diaryl/α,β-unsaturated/α-hetero) is 1. The third-order valence-corrected chi connectivity index (χ3v) is 3.51. The summed E-state index contributed by atoms with van der Waals surface area (Å²) in [5.74, 6) is -1.40. The van der Waals surface area contributed by atoms with E-state index >= 15 is 0 Å². The van der Waals surface area contributed by atoms with Gasteiger partial charge in [-0.25, -0.2) is 4.79 Å². The van der Waals surface area contributed by atoms with Crippen molar-refractivity contribution >= 4 is 28.7 Å². The fourth-order valence-electron chi connectivity index (χ4n) is 2.45. The van der Waals surface area contributed by atoms with E-state index in [1.165, 1.54) is 0 Å². The van der Waals surface area contributed by atoms with Crippen molar-refractivity contribution in [3.8, 4) is 0 Å². The van der Waals surface area contributed by atoms with Gasteiger partial charge in [0, 0.05) is 29.1 Å². The van der Waals surface area contributed by atoms with E-state index < -0.39 is 23.7 Å². The first kappa shape index (κ1) is 18.5. The second-order valence-corrected chi connectivity index (χ2v) is 6.74. The van der Waals surface area contributed by atoms with Crippen LogP contribution in [0.5, 0.6) is 0 Å². The molecule has 25 heavy (non-hydrogen) atoms. The lowest BCUT2D eigenvalue weighted by Gasteiger charge is -2.22. The summed E-state index contributed by atoms with van der Waals surface area (Å²) < 4.78 is 5.17. The fraction of sp³-hybridized carbons (Fsp3) is 0.389. The minimum atomic E-state index is -1.04. The molecule has 3 N–H and O–H groups in total. The molecule has 0 saturated heterocycles. The normalized spacial score (nSPS) is 12.6. The van der Waals surface area contributed by atoms with Crippen molar-refractivity contribution in [2.75, 3.05) is 0 Å². The van der Waals surface area contributed by atoms with E-state index in [0.29, 0.717) is 5.56 Å². The van der Waals surface area contributed by atoms with Gasteiger partial charge in [-0.3, -0.25) is 9.59 Å². The smallest absolute Gasteiger partial charge is 0.408 e. The molecule has 1 atom stereocenters. The van der Waals surface area contributed by atoms with Crippen molar-refractivity contribution in [3.63, 3.8) is 0 Å². The molecule has 1 aromatic heterocycles. The van der Waals surface area contributed by atoms with Gasteiger partial charge in [0.2, 0.25) is 0 Å². The van der Waals surface area contributed by atoms with Crippen molar-refractivity contribution in [3.05, 3.63) is 36.0 Å². The summed E-state index contributed by atoms with van der Waals surface area (Å²) in [7, 11) is 0. The Hall–Kier alpha value is -2.83. The number of carboxylic acid groups (broad SMARTS) is 1. The van der Waals surface area contributed by atoms with E-state index in [2.05, 4.69) is 10.3 Å². The molecule has 1 aromatic carbocycles. The summed E-state index contributed by atoms with van der Waals surface area (Å²) >= 11 is 0. The topological polar surface area (TPSA) is 108 Å². The molecule has 0 aliphatic heterocycles. The molecule has 0 radical (unpaired) electrons. The van der Waals surface area contributed by atoms with Crippen molar-refractivity contribution in [1.29, 1.82) is 0 Å². The average Bonchev–Trinajstić information content (AvgIpc) is 2.92. The van der Waals surface area contributed by atoms with Crippen LogP contribution in [0.2, 0.25) is 0 Å². The van der Waals surface area contributed by atoms with Crippen LogP contribution >= 0.6 is 0 Å². The Morgan fingerprint density at radius 1 is 1.24 bits per heavy atom. The highest BCUT2D eigenvalue weighted by Crippen LogP contribution is 2.20. The van der Waals surface area contributed by atoms with E-state index in [9.17, 15) is 14.4 Å². The van der Waals surface area contributed by atoms with Gasteiger partial charge in [-0.05, 0) is 33.3 Å². The first-order valence-corrected chi connectivity index (χ1v) is 7.99. The third-order valence-electron chi connectivity index (χ3n) is 3.51. The number of benzene rings is 1. The highest BCUT2D eigenvalue weighted by Gasteiger charge is 2.27. The summed E-state index contributed by atoms with van der Waals surface area (Å²) in [5, 5.41) is 12.1. The Morgan fingerprint density at radius 2 is 1.92 bits per heavy atom. The van der Waals surface area contributed by atoms with Crippen LogP contribution in [0.25, 0.3) is 10.9 Å². The highest BCUT2D eigenvalue weighted by atomic mass is 16.6. The molecular weight excluding hydrogens is 324 g/mol. The quantitative estimate of drug-likeness (QED) is 0.696. The van der Waals surface area contributed by atoms with Crippen molar-refractivity contribution in [2.24, 2.45) is 0 Å². The lowest BCUT2D eigenvalue weighted by molar-refractivity contribution is -0.137. The number of aliphatic carboxylic acids is 1. The lowest BCUT2D eigenvalue weighted by Crippen LogP contribution is -2.43. The van der Waals surface area contributed by atoms with Gasteiger partial charge in [-0.15, -0.1) is 0 Å². The molecule has 0 bridgehead atoms. The van der Waals surface area contributed by atoms with Crippen LogP contribution in [0.4, 0.5) is 4.79 Å². The van der Waals surface area contributed by atoms with Crippen LogP contribution in [0.15, 0.2) is 30.5 Å². The molecule has 0 aliphatic carbocycles. The van der Waals surface area contributed by atoms with Gasteiger partial charge in [-0.1, -0.05) is 18.2 Å². The van der Waals surface area contributed by atoms with E-state index in [1.807, 2.05) is 12.1 Å². The van der Waals surface area contributed by atoms with Gasteiger partial charge >= 0.3 is 12.1 Å². The maximum absolute atomic E-state index is 12.9. The molecule has 2 rings (SSSR count). The zero-order chi connectivity index (χ0) is 18.6. The molecule has 1 unspecified atom stereocenters. The van der Waals surface area contributed by atoms with E-state index in [1.54, 1.807) is 39.1 Å². The Labute approximate surface area is 145 Å². The summed E-state index contributed by atoms with van der Waals surface area (Å²) in [6.07, 6.45) is 0.551. The number of carboxylic acids is 1. The molecule has 0 spiro atoms. The molecule has 7 nitrogen and oxygen atoms in total. The highest BCUT2D eigenvalue weighted by molar-refractivity contribution is 6.11. The minimum absolute atomic E-state index is 0.0209. The number of amides is 1. The zero-order valence-electron chi connectivity index (χ0n) is 14.5. The van der Waals surface area contributed by atoms with Gasteiger partial charge in [0.25, 0.3) is 0 Å². The Kier molecular flexibility index (Phi) is 5.46. The van der Waals surface area contributed by atoms with Gasteiger partial charge in [-0.2, -0.15) is 0 Å². The maximum Gasteiger partial charge on any atom is 0.408 e. The molecule has 1 heterocycles. The second kappa shape index (κ2) is 7.38. The summed E-state index contributed by atoms with van der Waals surface area (Å²) in [5.41, 5.74) is 0.479. The molecule has 0 aliphatic rings. The standard InChI is InChI=1S/C18H22N2O5/c1-18(2,3)25-17(24)20-14(8-9-15(21)22)16(23)12-10-19-13-7-5-4-6-11(12)13/h4-7,10,14,19H,8-9H2,1-3H3,(H,20,24)(H,21,22). The summed E-state index contributed by atoms with van der Waals surface area (Å²) in [4.78, 5) is 38.7. The van der Waals surface area contributed by atoms with Crippen LogP contribution < -0.4 is 5.32 Å². The van der Waals surface area contributed by atoms with Crippen LogP contribution in [0.3, 0.4) is 0 Å². The number of aromatic nitrogens is 1. The van der Waals surface area contributed by atoms with Crippen molar-refractivity contribution < 1.29 is 24.2 Å². The molecule has 2 aromatic rings. The van der Waals surface area contributed by atoms with E-state index in [4.69, 9.17) is 9.84 Å². The first-order chi connectivity index (χ1) is 11.7. The number of aromatic amines is 1. The number of carbonyl (C=O) groups excluding carboxylic acids is 2. The average molecular weight is 346 g/mol. The van der Waals surface area contributed by atoms with Crippen LogP contribution in [-0.2, 0) is 9.53 Å². The monoisotopic (exact) mass is 346 g/mol. The Bertz CT molecular complexity index is 788. The number of ether oxygens (including phenoxy) is 1. The number of para-hydroxylation sites is 1. The molecule has 134 valence electrons. The number of hydrogen-bond donors (Lipinski definition) is 3. The van der Waals surface area contributed by atoms with Crippen LogP contribution in [0, 0.1) is 0 Å². The van der Waals surface area contributed by atoms with Gasteiger partial charge < -0.3 is 20.1 Å². The molecular formula is C18H22N2O5. The Balaban J connectivity index is 2.23. The van der Waals surface area contributed by atoms with Gasteiger partial charge in [0.05, 0.1) is 6.04 Å². The van der Waals surface area contributed by atoms with Crippen LogP contribution in [-0.4, -0.2) is 39.6 Å². The number of ketones is 1. The summed E-state index contributed by atoms with van der Waals surface area (Å²) in [6, 6.07) is 6.29.